The molecule has 218 valence electrons. The minimum Gasteiger partial charge on any atom is -0.493 e. The predicted molar refractivity (Wildman–Crippen MR) is 158 cm³/mol. The molecular formula is C32H32N2O7S. The lowest BCUT2D eigenvalue weighted by Gasteiger charge is -2.12. The predicted octanol–water partition coefficient (Wildman–Crippen LogP) is 5.48. The maximum atomic E-state index is 13.1. The van der Waals surface area contributed by atoms with Crippen molar-refractivity contribution in [2.75, 3.05) is 6.61 Å². The van der Waals surface area contributed by atoms with Gasteiger partial charge in [0.2, 0.25) is 0 Å². The highest BCUT2D eigenvalue weighted by Crippen LogP contribution is 2.21. The summed E-state index contributed by atoms with van der Waals surface area (Å²) in [4.78, 5) is 26.2. The summed E-state index contributed by atoms with van der Waals surface area (Å²) >= 11 is 0. The van der Waals surface area contributed by atoms with Crippen LogP contribution in [0.4, 0.5) is 0 Å². The van der Waals surface area contributed by atoms with Gasteiger partial charge in [0, 0.05) is 5.56 Å². The molecule has 0 fully saturated rings. The van der Waals surface area contributed by atoms with Crippen LogP contribution < -0.4 is 19.6 Å². The lowest BCUT2D eigenvalue weighted by molar-refractivity contribution is -0.118. The number of benzene rings is 3. The molecule has 42 heavy (non-hydrogen) atoms. The highest BCUT2D eigenvalue weighted by molar-refractivity contribution is 7.87. The van der Waals surface area contributed by atoms with Gasteiger partial charge in [-0.15, -0.1) is 0 Å². The van der Waals surface area contributed by atoms with Gasteiger partial charge in [-0.25, -0.2) is 0 Å². The van der Waals surface area contributed by atoms with Crippen LogP contribution in [0.3, 0.4) is 0 Å². The van der Waals surface area contributed by atoms with Crippen molar-refractivity contribution in [1.29, 1.82) is 0 Å². The zero-order valence-electron chi connectivity index (χ0n) is 23.5. The first-order chi connectivity index (χ1) is 20.1. The highest BCUT2D eigenvalue weighted by Gasteiger charge is 2.18. The Bertz CT molecular complexity index is 1620. The molecular weight excluding hydrogens is 556 g/mol. The zero-order valence-corrected chi connectivity index (χ0v) is 24.3. The Morgan fingerprint density at radius 3 is 2.19 bits per heavy atom. The number of nitrogens with one attached hydrogen (secondary N) is 2. The van der Waals surface area contributed by atoms with Crippen LogP contribution in [0.2, 0.25) is 0 Å². The second-order valence-electron chi connectivity index (χ2n) is 9.92. The van der Waals surface area contributed by atoms with Gasteiger partial charge in [-0.2, -0.15) is 8.42 Å². The van der Waals surface area contributed by atoms with E-state index in [1.165, 1.54) is 36.6 Å². The Morgan fingerprint density at radius 1 is 0.905 bits per heavy atom. The summed E-state index contributed by atoms with van der Waals surface area (Å²) in [6.45, 7) is 6.61. The van der Waals surface area contributed by atoms with Gasteiger partial charge in [-0.1, -0.05) is 43.7 Å². The quantitative estimate of drug-likeness (QED) is 0.166. The van der Waals surface area contributed by atoms with Crippen molar-refractivity contribution in [1.82, 2.24) is 10.6 Å². The van der Waals surface area contributed by atoms with Crippen LogP contribution in [-0.2, 0) is 21.5 Å². The van der Waals surface area contributed by atoms with Crippen LogP contribution in [0.25, 0.3) is 6.08 Å². The van der Waals surface area contributed by atoms with Gasteiger partial charge in [0.1, 0.15) is 27.9 Å². The summed E-state index contributed by atoms with van der Waals surface area (Å²) in [5.41, 5.74) is 1.76. The van der Waals surface area contributed by atoms with E-state index in [4.69, 9.17) is 13.3 Å². The molecule has 2 N–H and O–H groups in total. The molecule has 0 aliphatic rings. The molecule has 4 aromatic rings. The first-order valence-electron chi connectivity index (χ1n) is 13.3. The molecule has 1 aromatic heterocycles. The number of rotatable bonds is 12. The standard InChI is InChI=1S/C32H32N2O7S/c1-22(2)21-40-26-14-10-25(11-15-26)31(35)34-30(32(36)33-20-28-5-4-18-39-28)19-24-8-12-27(13-9-24)41-42(37,38)29-16-6-23(3)7-17-29/h4-19,22H,20-21H2,1-3H3,(H,33,36)(H,34,35). The third kappa shape index (κ3) is 8.58. The van der Waals surface area contributed by atoms with Crippen molar-refractivity contribution >= 4 is 28.0 Å². The van der Waals surface area contributed by atoms with E-state index in [0.717, 1.165) is 5.56 Å². The van der Waals surface area contributed by atoms with Gasteiger partial charge in [-0.3, -0.25) is 9.59 Å². The van der Waals surface area contributed by atoms with Crippen LogP contribution in [0, 0.1) is 12.8 Å². The molecule has 3 aromatic carbocycles. The van der Waals surface area contributed by atoms with E-state index in [-0.39, 0.29) is 22.9 Å². The molecule has 9 nitrogen and oxygen atoms in total. The van der Waals surface area contributed by atoms with Crippen molar-refractivity contribution in [3.63, 3.8) is 0 Å². The Labute approximate surface area is 245 Å². The van der Waals surface area contributed by atoms with Gasteiger partial charge in [0.25, 0.3) is 11.8 Å². The number of carbonyl (C=O) groups is 2. The average Bonchev–Trinajstić information content (AvgIpc) is 3.49. The molecule has 2 amide bonds. The van der Waals surface area contributed by atoms with Gasteiger partial charge in [0.05, 0.1) is 19.4 Å². The van der Waals surface area contributed by atoms with Crippen LogP contribution in [-0.4, -0.2) is 26.8 Å². The van der Waals surface area contributed by atoms with Crippen molar-refractivity contribution in [2.45, 2.75) is 32.2 Å². The second kappa shape index (κ2) is 13.7. The molecule has 10 heteroatoms. The van der Waals surface area contributed by atoms with E-state index in [1.807, 2.05) is 20.8 Å². The third-order valence-electron chi connectivity index (χ3n) is 5.90. The second-order valence-corrected chi connectivity index (χ2v) is 11.5. The Balaban J connectivity index is 1.51. The number of hydrogen-bond acceptors (Lipinski definition) is 7. The molecule has 0 saturated carbocycles. The molecule has 4 rings (SSSR count). The van der Waals surface area contributed by atoms with Crippen molar-refractivity contribution in [3.8, 4) is 11.5 Å². The molecule has 0 aliphatic carbocycles. The normalized spacial score (nSPS) is 11.7. The number of furan rings is 1. The van der Waals surface area contributed by atoms with E-state index in [1.54, 1.807) is 60.7 Å². The summed E-state index contributed by atoms with van der Waals surface area (Å²) in [6, 6.07) is 22.5. The SMILES string of the molecule is Cc1ccc(S(=O)(=O)Oc2ccc(C=C(NC(=O)c3ccc(OCC(C)C)cc3)C(=O)NCc3ccco3)cc2)cc1. The maximum absolute atomic E-state index is 13.1. The molecule has 0 bridgehead atoms. The summed E-state index contributed by atoms with van der Waals surface area (Å²) in [5.74, 6) is 0.605. The molecule has 0 unspecified atom stereocenters. The molecule has 1 heterocycles. The lowest BCUT2D eigenvalue weighted by Crippen LogP contribution is -2.34. The number of hydrogen-bond donors (Lipinski definition) is 2. The Kier molecular flexibility index (Phi) is 9.82. The van der Waals surface area contributed by atoms with E-state index in [0.29, 0.717) is 35.2 Å². The van der Waals surface area contributed by atoms with Crippen LogP contribution in [0.1, 0.15) is 41.1 Å². The Morgan fingerprint density at radius 2 is 1.57 bits per heavy atom. The molecule has 0 aliphatic heterocycles. The van der Waals surface area contributed by atoms with Crippen LogP contribution in [0.5, 0.6) is 11.5 Å². The zero-order chi connectivity index (χ0) is 30.1. The smallest absolute Gasteiger partial charge is 0.339 e. The topological polar surface area (TPSA) is 124 Å². The van der Waals surface area contributed by atoms with Crippen molar-refractivity contribution in [3.05, 3.63) is 119 Å². The van der Waals surface area contributed by atoms with E-state index in [9.17, 15) is 18.0 Å². The van der Waals surface area contributed by atoms with Gasteiger partial charge < -0.3 is 24.0 Å². The van der Waals surface area contributed by atoms with Gasteiger partial charge >= 0.3 is 10.1 Å². The van der Waals surface area contributed by atoms with Gasteiger partial charge in [-0.05, 0) is 85.1 Å². The fourth-order valence-corrected chi connectivity index (χ4v) is 4.59. The third-order valence-corrected chi connectivity index (χ3v) is 7.16. The molecule has 0 spiro atoms. The van der Waals surface area contributed by atoms with E-state index in [2.05, 4.69) is 10.6 Å². The molecule has 0 atom stereocenters. The lowest BCUT2D eigenvalue weighted by atomic mass is 10.1. The van der Waals surface area contributed by atoms with Crippen molar-refractivity contribution < 1.29 is 31.3 Å². The first-order valence-corrected chi connectivity index (χ1v) is 14.7. The fraction of sp³-hybridized carbons (Fsp3) is 0.188. The largest absolute Gasteiger partial charge is 0.493 e. The summed E-state index contributed by atoms with van der Waals surface area (Å²) < 4.78 is 41.5. The van der Waals surface area contributed by atoms with Crippen LogP contribution in [0.15, 0.2) is 106 Å². The molecule has 0 radical (unpaired) electrons. The average molecular weight is 589 g/mol. The van der Waals surface area contributed by atoms with Crippen LogP contribution >= 0.6 is 0 Å². The summed E-state index contributed by atoms with van der Waals surface area (Å²) in [5, 5.41) is 5.40. The first kappa shape index (κ1) is 30.1. The van der Waals surface area contributed by atoms with E-state index < -0.39 is 21.9 Å². The van der Waals surface area contributed by atoms with Gasteiger partial charge in [0.15, 0.2) is 0 Å². The minimum atomic E-state index is -4.02. The minimum absolute atomic E-state index is 0.0207. The summed E-state index contributed by atoms with van der Waals surface area (Å²) in [7, 11) is -4.02. The maximum Gasteiger partial charge on any atom is 0.339 e. The highest BCUT2D eigenvalue weighted by atomic mass is 32.2. The Hall–Kier alpha value is -4.83. The number of amides is 2. The molecule has 0 saturated heterocycles. The fourth-order valence-electron chi connectivity index (χ4n) is 3.66. The summed E-state index contributed by atoms with van der Waals surface area (Å²) in [6.07, 6.45) is 2.98. The number of aryl methyl sites for hydroxylation is 1. The monoisotopic (exact) mass is 588 g/mol. The van der Waals surface area contributed by atoms with E-state index >= 15 is 0 Å². The van der Waals surface area contributed by atoms with Crippen molar-refractivity contribution in [2.24, 2.45) is 5.92 Å². The number of ether oxygens (including phenoxy) is 1. The number of carbonyl (C=O) groups excluding carboxylic acids is 2.